The fraction of sp³-hybridized carbons (Fsp3) is 0.667. The normalized spacial score (nSPS) is 24.0. The molecule has 6 nitrogen and oxygen atoms in total. The summed E-state index contributed by atoms with van der Waals surface area (Å²) in [6, 6.07) is 3.70. The minimum Gasteiger partial charge on any atom is -0.507 e. The molecule has 0 radical (unpaired) electrons. The van der Waals surface area contributed by atoms with Gasteiger partial charge in [-0.15, -0.1) is 12.4 Å². The third-order valence-corrected chi connectivity index (χ3v) is 7.43. The first-order chi connectivity index (χ1) is 13.0. The third kappa shape index (κ3) is 5.35. The average Bonchev–Trinajstić information content (AvgIpc) is 2.62. The maximum Gasteiger partial charge on any atom is 0.404 e. The van der Waals surface area contributed by atoms with Crippen molar-refractivity contribution >= 4 is 22.4 Å². The summed E-state index contributed by atoms with van der Waals surface area (Å²) >= 11 is 0. The van der Waals surface area contributed by atoms with E-state index in [0.29, 0.717) is 19.3 Å². The van der Waals surface area contributed by atoms with E-state index in [4.69, 9.17) is 10.5 Å². The molecule has 1 aromatic carbocycles. The molecule has 2 heterocycles. The van der Waals surface area contributed by atoms with Gasteiger partial charge in [-0.2, -0.15) is 13.2 Å². The molecule has 1 fully saturated rings. The molecule has 3 rings (SSSR count). The van der Waals surface area contributed by atoms with Crippen molar-refractivity contribution in [2.75, 3.05) is 25.4 Å². The highest BCUT2D eigenvalue weighted by molar-refractivity contribution is 7.89. The number of halogens is 4. The zero-order valence-electron chi connectivity index (χ0n) is 16.0. The van der Waals surface area contributed by atoms with Gasteiger partial charge in [-0.05, 0) is 36.8 Å². The summed E-state index contributed by atoms with van der Waals surface area (Å²) in [6.45, 7) is 2.11. The molecule has 0 spiro atoms. The van der Waals surface area contributed by atoms with E-state index in [-0.39, 0.29) is 55.9 Å². The fourth-order valence-electron chi connectivity index (χ4n) is 4.10. The maximum atomic E-state index is 12.5. The minimum absolute atomic E-state index is 0. The number of piperidine rings is 1. The third-order valence-electron chi connectivity index (χ3n) is 5.59. The summed E-state index contributed by atoms with van der Waals surface area (Å²) in [4.78, 5) is 0. The van der Waals surface area contributed by atoms with Gasteiger partial charge >= 0.3 is 6.18 Å². The van der Waals surface area contributed by atoms with Crippen LogP contribution in [0.5, 0.6) is 5.75 Å². The van der Waals surface area contributed by atoms with Gasteiger partial charge in [0.05, 0.1) is 12.2 Å². The van der Waals surface area contributed by atoms with Gasteiger partial charge in [-0.25, -0.2) is 12.7 Å². The van der Waals surface area contributed by atoms with Crippen molar-refractivity contribution in [3.05, 3.63) is 28.8 Å². The van der Waals surface area contributed by atoms with Crippen LogP contribution >= 0.6 is 12.4 Å². The van der Waals surface area contributed by atoms with E-state index in [9.17, 15) is 26.7 Å². The van der Waals surface area contributed by atoms with Crippen molar-refractivity contribution in [1.82, 2.24) is 4.31 Å². The van der Waals surface area contributed by atoms with Crippen LogP contribution < -0.4 is 5.73 Å². The molecule has 2 atom stereocenters. The van der Waals surface area contributed by atoms with Gasteiger partial charge in [0, 0.05) is 31.6 Å². The van der Waals surface area contributed by atoms with E-state index in [1.54, 1.807) is 0 Å². The molecule has 2 aliphatic rings. The number of hydrogen-bond donors (Lipinski definition) is 2. The Morgan fingerprint density at radius 3 is 2.45 bits per heavy atom. The molecule has 166 valence electrons. The standard InChI is InChI=1S/C18H25F3N2O4S.ClH/c1-11-2-3-13-14(17(11)24)8-15(27-16(13)9-22)12-4-6-23(7-5-12)28(25,26)10-18(19,20)21;/h2-3,12,15-16,24H,4-10,22H2,1H3;1H/t15-,16-;/m0./s1. The van der Waals surface area contributed by atoms with E-state index in [1.807, 2.05) is 19.1 Å². The topological polar surface area (TPSA) is 92.9 Å². The molecule has 0 aliphatic carbocycles. The number of nitrogens with zero attached hydrogens (tertiary/aromatic N) is 1. The SMILES string of the molecule is Cc1ccc2c(c1O)C[C@@H](C1CCN(S(=O)(=O)CC(F)(F)F)CC1)O[C@H]2CN.Cl. The van der Waals surface area contributed by atoms with Gasteiger partial charge in [0.1, 0.15) is 5.75 Å². The Balaban J connectivity index is 0.00000300. The van der Waals surface area contributed by atoms with Crippen LogP contribution in [0.25, 0.3) is 0 Å². The summed E-state index contributed by atoms with van der Waals surface area (Å²) in [5.41, 5.74) is 8.23. The Bertz CT molecular complexity index is 827. The van der Waals surface area contributed by atoms with Crippen molar-refractivity contribution in [2.24, 2.45) is 11.7 Å². The van der Waals surface area contributed by atoms with E-state index in [1.165, 1.54) is 0 Å². The molecule has 0 saturated carbocycles. The number of nitrogens with two attached hydrogens (primary N) is 1. The molecule has 0 unspecified atom stereocenters. The van der Waals surface area contributed by atoms with Crippen molar-refractivity contribution in [3.63, 3.8) is 0 Å². The molecule has 1 saturated heterocycles. The predicted molar refractivity (Wildman–Crippen MR) is 105 cm³/mol. The Morgan fingerprint density at radius 1 is 1.28 bits per heavy atom. The predicted octanol–water partition coefficient (Wildman–Crippen LogP) is 2.67. The number of aryl methyl sites for hydroxylation is 1. The van der Waals surface area contributed by atoms with Crippen LogP contribution in [0, 0.1) is 12.8 Å². The average molecular weight is 459 g/mol. The lowest BCUT2D eigenvalue weighted by Gasteiger charge is -2.40. The van der Waals surface area contributed by atoms with E-state index < -0.39 is 22.0 Å². The summed E-state index contributed by atoms with van der Waals surface area (Å²) in [6.07, 6.45) is -4.11. The summed E-state index contributed by atoms with van der Waals surface area (Å²) < 4.78 is 68.4. The Hall–Kier alpha value is -1.07. The Labute approximate surface area is 174 Å². The lowest BCUT2D eigenvalue weighted by atomic mass is 9.83. The quantitative estimate of drug-likeness (QED) is 0.723. The lowest BCUT2D eigenvalue weighted by molar-refractivity contribution is -0.107. The van der Waals surface area contributed by atoms with Crippen molar-refractivity contribution < 1.29 is 31.4 Å². The number of sulfonamides is 1. The number of aromatic hydroxyl groups is 1. The number of rotatable bonds is 4. The van der Waals surface area contributed by atoms with E-state index in [2.05, 4.69) is 0 Å². The second kappa shape index (κ2) is 8.97. The molecule has 29 heavy (non-hydrogen) atoms. The molecule has 0 aromatic heterocycles. The monoisotopic (exact) mass is 458 g/mol. The Morgan fingerprint density at radius 2 is 1.90 bits per heavy atom. The first-order valence-corrected chi connectivity index (χ1v) is 10.8. The molecule has 11 heteroatoms. The van der Waals surface area contributed by atoms with E-state index >= 15 is 0 Å². The van der Waals surface area contributed by atoms with Gasteiger partial charge in [0.2, 0.25) is 10.0 Å². The van der Waals surface area contributed by atoms with Gasteiger partial charge in [0.15, 0.2) is 5.75 Å². The Kier molecular flexibility index (Phi) is 7.49. The van der Waals surface area contributed by atoms with Crippen molar-refractivity contribution in [3.8, 4) is 5.75 Å². The van der Waals surface area contributed by atoms with Crippen LogP contribution in [0.3, 0.4) is 0 Å². The van der Waals surface area contributed by atoms with Gasteiger partial charge in [-0.1, -0.05) is 12.1 Å². The second-order valence-corrected chi connectivity index (χ2v) is 9.48. The van der Waals surface area contributed by atoms with Gasteiger partial charge in [-0.3, -0.25) is 0 Å². The molecular weight excluding hydrogens is 433 g/mol. The summed E-state index contributed by atoms with van der Waals surface area (Å²) in [5, 5.41) is 10.4. The van der Waals surface area contributed by atoms with Crippen LogP contribution in [0.4, 0.5) is 13.2 Å². The number of fused-ring (bicyclic) bond motifs is 1. The van der Waals surface area contributed by atoms with Gasteiger partial charge < -0.3 is 15.6 Å². The first kappa shape index (κ1) is 24.2. The molecule has 1 aromatic rings. The zero-order chi connectivity index (χ0) is 20.7. The second-order valence-electron chi connectivity index (χ2n) is 7.51. The highest BCUT2D eigenvalue weighted by atomic mass is 35.5. The van der Waals surface area contributed by atoms with Crippen LogP contribution in [-0.2, 0) is 21.2 Å². The number of alkyl halides is 3. The first-order valence-electron chi connectivity index (χ1n) is 9.23. The highest BCUT2D eigenvalue weighted by Gasteiger charge is 2.41. The fourth-order valence-corrected chi connectivity index (χ4v) is 5.47. The number of phenolic OH excluding ortho intramolecular Hbond substituents is 1. The van der Waals surface area contributed by atoms with Crippen LogP contribution in [0.2, 0.25) is 0 Å². The molecule has 3 N–H and O–H groups in total. The van der Waals surface area contributed by atoms with Crippen LogP contribution in [0.1, 0.15) is 35.6 Å². The largest absolute Gasteiger partial charge is 0.507 e. The van der Waals surface area contributed by atoms with E-state index in [0.717, 1.165) is 21.0 Å². The van der Waals surface area contributed by atoms with Crippen molar-refractivity contribution in [2.45, 2.75) is 44.6 Å². The summed E-state index contributed by atoms with van der Waals surface area (Å²) in [5.74, 6) is -1.63. The minimum atomic E-state index is -4.75. The van der Waals surface area contributed by atoms with Gasteiger partial charge in [0.25, 0.3) is 0 Å². The number of phenols is 1. The zero-order valence-corrected chi connectivity index (χ0v) is 17.6. The molecular formula is C18H26ClF3N2O4S. The van der Waals surface area contributed by atoms with Crippen LogP contribution in [-0.4, -0.2) is 55.5 Å². The molecule has 0 amide bonds. The number of hydrogen-bond acceptors (Lipinski definition) is 5. The molecule has 0 bridgehead atoms. The molecule has 2 aliphatic heterocycles. The van der Waals surface area contributed by atoms with Crippen molar-refractivity contribution in [1.29, 1.82) is 0 Å². The highest BCUT2D eigenvalue weighted by Crippen LogP contribution is 2.40. The lowest BCUT2D eigenvalue weighted by Crippen LogP contribution is -2.46. The van der Waals surface area contributed by atoms with Crippen LogP contribution in [0.15, 0.2) is 12.1 Å². The number of ether oxygens (including phenoxy) is 1. The maximum absolute atomic E-state index is 12.5. The number of benzene rings is 1. The summed E-state index contributed by atoms with van der Waals surface area (Å²) in [7, 11) is -4.36. The smallest absolute Gasteiger partial charge is 0.404 e.